The number of hydrogen-bond donors (Lipinski definition) is 0. The second-order valence-corrected chi connectivity index (χ2v) is 8.50. The molecule has 0 aliphatic heterocycles. The maximum atomic E-state index is 11.0. The standard InChI is InChI=1S/C10H16OSi/c1-5-6-7-10(11)8-9-12(2,3)4/h5H,1,6-7H2,2-4H3. The Balaban J connectivity index is 3.96. The molecule has 0 aliphatic rings. The molecule has 0 aliphatic carbocycles. The zero-order valence-electron chi connectivity index (χ0n) is 8.11. The second kappa shape index (κ2) is 4.94. The Morgan fingerprint density at radius 1 is 1.50 bits per heavy atom. The predicted molar refractivity (Wildman–Crippen MR) is 55.6 cm³/mol. The number of carbonyl (C=O) groups is 1. The van der Waals surface area contributed by atoms with E-state index in [1.807, 2.05) is 0 Å². The second-order valence-electron chi connectivity index (χ2n) is 3.75. The summed E-state index contributed by atoms with van der Waals surface area (Å²) in [5.41, 5.74) is 3.04. The van der Waals surface area contributed by atoms with Crippen LogP contribution in [0.1, 0.15) is 12.8 Å². The Morgan fingerprint density at radius 2 is 2.08 bits per heavy atom. The van der Waals surface area contributed by atoms with Gasteiger partial charge in [0.25, 0.3) is 0 Å². The summed E-state index contributed by atoms with van der Waals surface area (Å²) in [6, 6.07) is 0. The Hall–Kier alpha value is -0.813. The zero-order chi connectivity index (χ0) is 9.61. The molecule has 12 heavy (non-hydrogen) atoms. The molecular formula is C10H16OSi. The van der Waals surface area contributed by atoms with Crippen molar-refractivity contribution in [2.45, 2.75) is 32.5 Å². The highest BCUT2D eigenvalue weighted by Crippen LogP contribution is 1.97. The minimum atomic E-state index is -1.37. The zero-order valence-corrected chi connectivity index (χ0v) is 9.11. The highest BCUT2D eigenvalue weighted by molar-refractivity contribution is 6.84. The van der Waals surface area contributed by atoms with Gasteiger partial charge in [-0.1, -0.05) is 25.7 Å². The van der Waals surface area contributed by atoms with Crippen LogP contribution < -0.4 is 0 Å². The number of Topliss-reactive ketones (excluding diaryl/α,β-unsaturated/α-hetero) is 1. The first kappa shape index (κ1) is 11.2. The van der Waals surface area contributed by atoms with E-state index in [1.54, 1.807) is 6.08 Å². The Morgan fingerprint density at radius 3 is 2.50 bits per heavy atom. The van der Waals surface area contributed by atoms with Crippen LogP contribution in [-0.2, 0) is 4.79 Å². The van der Waals surface area contributed by atoms with Gasteiger partial charge < -0.3 is 0 Å². The van der Waals surface area contributed by atoms with Crippen LogP contribution in [0.4, 0.5) is 0 Å². The molecule has 0 atom stereocenters. The van der Waals surface area contributed by atoms with Gasteiger partial charge >= 0.3 is 0 Å². The van der Waals surface area contributed by atoms with Crippen molar-refractivity contribution in [1.29, 1.82) is 0 Å². The predicted octanol–water partition coefficient (Wildman–Crippen LogP) is 2.40. The monoisotopic (exact) mass is 180 g/mol. The molecule has 0 amide bonds. The molecule has 1 nitrogen and oxygen atoms in total. The molecule has 0 fully saturated rings. The third-order valence-electron chi connectivity index (χ3n) is 1.15. The molecular weight excluding hydrogens is 164 g/mol. The summed E-state index contributed by atoms with van der Waals surface area (Å²) in [6.07, 6.45) is 2.99. The van der Waals surface area contributed by atoms with Crippen molar-refractivity contribution in [2.75, 3.05) is 0 Å². The van der Waals surface area contributed by atoms with Crippen LogP contribution in [0.2, 0.25) is 19.6 Å². The Kier molecular flexibility index (Phi) is 4.61. The van der Waals surface area contributed by atoms with E-state index in [9.17, 15) is 4.79 Å². The van der Waals surface area contributed by atoms with Crippen molar-refractivity contribution in [3.8, 4) is 11.5 Å². The summed E-state index contributed by atoms with van der Waals surface area (Å²) >= 11 is 0. The van der Waals surface area contributed by atoms with Gasteiger partial charge in [-0.2, -0.15) is 0 Å². The van der Waals surface area contributed by atoms with Crippen molar-refractivity contribution >= 4 is 13.9 Å². The van der Waals surface area contributed by atoms with E-state index in [4.69, 9.17) is 0 Å². The molecule has 0 heterocycles. The molecule has 0 spiro atoms. The van der Waals surface area contributed by atoms with Crippen molar-refractivity contribution < 1.29 is 4.79 Å². The third-order valence-corrected chi connectivity index (χ3v) is 2.03. The maximum Gasteiger partial charge on any atom is 0.205 e. The maximum absolute atomic E-state index is 11.0. The van der Waals surface area contributed by atoms with Gasteiger partial charge in [0.15, 0.2) is 0 Å². The molecule has 0 unspecified atom stereocenters. The average molecular weight is 180 g/mol. The van der Waals surface area contributed by atoms with Crippen LogP contribution in [0.15, 0.2) is 12.7 Å². The molecule has 0 aromatic rings. The van der Waals surface area contributed by atoms with Gasteiger partial charge in [-0.3, -0.25) is 4.79 Å². The van der Waals surface area contributed by atoms with Crippen molar-refractivity contribution in [3.05, 3.63) is 12.7 Å². The fraction of sp³-hybridized carbons (Fsp3) is 0.500. The lowest BCUT2D eigenvalue weighted by atomic mass is 10.2. The quantitative estimate of drug-likeness (QED) is 0.370. The van der Waals surface area contributed by atoms with Crippen LogP contribution in [0.25, 0.3) is 0 Å². The van der Waals surface area contributed by atoms with Crippen LogP contribution >= 0.6 is 0 Å². The van der Waals surface area contributed by atoms with Crippen LogP contribution in [-0.4, -0.2) is 13.9 Å². The first-order valence-corrected chi connectivity index (χ1v) is 7.62. The number of ketones is 1. The first-order valence-electron chi connectivity index (χ1n) is 4.12. The van der Waals surface area contributed by atoms with Crippen LogP contribution in [0.5, 0.6) is 0 Å². The minimum Gasteiger partial charge on any atom is -0.285 e. The van der Waals surface area contributed by atoms with Gasteiger partial charge in [0, 0.05) is 6.42 Å². The SMILES string of the molecule is C=CCCC(=O)C#C[Si](C)(C)C. The summed E-state index contributed by atoms with van der Waals surface area (Å²) in [5, 5.41) is 0. The molecule has 0 rings (SSSR count). The molecule has 0 saturated heterocycles. The van der Waals surface area contributed by atoms with Gasteiger partial charge in [0.2, 0.25) is 5.78 Å². The molecule has 0 saturated carbocycles. The Labute approximate surface area is 75.9 Å². The molecule has 2 heteroatoms. The van der Waals surface area contributed by atoms with Crippen LogP contribution in [0.3, 0.4) is 0 Å². The van der Waals surface area contributed by atoms with E-state index < -0.39 is 8.07 Å². The number of rotatable bonds is 3. The van der Waals surface area contributed by atoms with Gasteiger partial charge in [-0.05, 0) is 12.3 Å². The van der Waals surface area contributed by atoms with Crippen molar-refractivity contribution in [2.24, 2.45) is 0 Å². The molecule has 0 bridgehead atoms. The lowest BCUT2D eigenvalue weighted by Crippen LogP contribution is -2.17. The van der Waals surface area contributed by atoms with E-state index in [0.717, 1.165) is 6.42 Å². The van der Waals surface area contributed by atoms with Gasteiger partial charge in [0.1, 0.15) is 8.07 Å². The number of hydrogen-bond acceptors (Lipinski definition) is 1. The molecule has 0 radical (unpaired) electrons. The molecule has 0 N–H and O–H groups in total. The highest BCUT2D eigenvalue weighted by atomic mass is 28.3. The van der Waals surface area contributed by atoms with Crippen LogP contribution in [0, 0.1) is 11.5 Å². The van der Waals surface area contributed by atoms with E-state index in [1.165, 1.54) is 0 Å². The summed E-state index contributed by atoms with van der Waals surface area (Å²) in [5.74, 6) is 2.72. The molecule has 0 aromatic carbocycles. The first-order chi connectivity index (χ1) is 5.45. The Bertz CT molecular complexity index is 224. The summed E-state index contributed by atoms with van der Waals surface area (Å²) < 4.78 is 0. The van der Waals surface area contributed by atoms with Gasteiger partial charge in [0.05, 0.1) is 0 Å². The average Bonchev–Trinajstić information content (AvgIpc) is 1.95. The lowest BCUT2D eigenvalue weighted by Gasteiger charge is -2.02. The summed E-state index contributed by atoms with van der Waals surface area (Å²) in [6.45, 7) is 9.93. The summed E-state index contributed by atoms with van der Waals surface area (Å²) in [7, 11) is -1.37. The van der Waals surface area contributed by atoms with Crippen molar-refractivity contribution in [3.63, 3.8) is 0 Å². The normalized spacial score (nSPS) is 9.92. The largest absolute Gasteiger partial charge is 0.285 e. The third kappa shape index (κ3) is 7.30. The van der Waals surface area contributed by atoms with Gasteiger partial charge in [-0.25, -0.2) is 0 Å². The van der Waals surface area contributed by atoms with E-state index in [0.29, 0.717) is 6.42 Å². The van der Waals surface area contributed by atoms with Gasteiger partial charge in [-0.15, -0.1) is 12.1 Å². The highest BCUT2D eigenvalue weighted by Gasteiger charge is 2.08. The fourth-order valence-electron chi connectivity index (χ4n) is 0.553. The molecule has 0 aromatic heterocycles. The van der Waals surface area contributed by atoms with E-state index in [-0.39, 0.29) is 5.78 Å². The fourth-order valence-corrected chi connectivity index (χ4v) is 1.07. The van der Waals surface area contributed by atoms with Crippen molar-refractivity contribution in [1.82, 2.24) is 0 Å². The van der Waals surface area contributed by atoms with E-state index in [2.05, 4.69) is 37.7 Å². The smallest absolute Gasteiger partial charge is 0.205 e. The minimum absolute atomic E-state index is 0.0392. The topological polar surface area (TPSA) is 17.1 Å². The lowest BCUT2D eigenvalue weighted by molar-refractivity contribution is -0.113. The summed E-state index contributed by atoms with van der Waals surface area (Å²) in [4.78, 5) is 11.0. The number of allylic oxidation sites excluding steroid dienone is 1. The molecule has 66 valence electrons. The number of carbonyl (C=O) groups excluding carboxylic acids is 1. The van der Waals surface area contributed by atoms with E-state index >= 15 is 0 Å².